The molecule has 0 aliphatic rings. The molecule has 1 aromatic heterocycles. The number of phenols is 1. The maximum Gasteiger partial charge on any atom is 0.357 e. The number of fused-ring (bicyclic) bond motifs is 1. The van der Waals surface area contributed by atoms with Crippen molar-refractivity contribution in [3.63, 3.8) is 0 Å². The number of nitrogens with zero attached hydrogens (tertiary/aromatic N) is 1. The average molecular weight is 217 g/mol. The van der Waals surface area contributed by atoms with Crippen LogP contribution in [0.3, 0.4) is 0 Å². The second kappa shape index (κ2) is 4.18. The maximum atomic E-state index is 11.6. The molecule has 2 aromatic rings. The fourth-order valence-corrected chi connectivity index (χ4v) is 1.53. The van der Waals surface area contributed by atoms with E-state index in [-0.39, 0.29) is 11.4 Å². The molecule has 4 nitrogen and oxygen atoms in total. The lowest BCUT2D eigenvalue weighted by Gasteiger charge is -2.05. The van der Waals surface area contributed by atoms with E-state index in [4.69, 9.17) is 4.74 Å². The highest BCUT2D eigenvalue weighted by molar-refractivity contribution is 6.02. The molecule has 16 heavy (non-hydrogen) atoms. The molecule has 1 aromatic carbocycles. The van der Waals surface area contributed by atoms with Crippen LogP contribution < -0.4 is 0 Å². The monoisotopic (exact) mass is 217 g/mol. The molecule has 0 unspecified atom stereocenters. The number of ether oxygens (including phenoxy) is 1. The zero-order chi connectivity index (χ0) is 11.5. The summed E-state index contributed by atoms with van der Waals surface area (Å²) in [6, 6.07) is 6.49. The lowest BCUT2D eigenvalue weighted by molar-refractivity contribution is 0.0522. The molecule has 0 fully saturated rings. The van der Waals surface area contributed by atoms with Gasteiger partial charge in [-0.3, -0.25) is 0 Å². The van der Waals surface area contributed by atoms with Gasteiger partial charge < -0.3 is 9.84 Å². The molecule has 0 spiro atoms. The summed E-state index contributed by atoms with van der Waals surface area (Å²) >= 11 is 0. The van der Waals surface area contributed by atoms with Gasteiger partial charge in [0.05, 0.1) is 6.61 Å². The van der Waals surface area contributed by atoms with Gasteiger partial charge in [0.2, 0.25) is 0 Å². The Labute approximate surface area is 92.5 Å². The topological polar surface area (TPSA) is 59.4 Å². The van der Waals surface area contributed by atoms with Crippen molar-refractivity contribution >= 4 is 16.7 Å². The number of hydrogen-bond acceptors (Lipinski definition) is 4. The Kier molecular flexibility index (Phi) is 2.72. The molecule has 0 atom stereocenters. The van der Waals surface area contributed by atoms with Gasteiger partial charge in [-0.1, -0.05) is 0 Å². The van der Waals surface area contributed by atoms with Gasteiger partial charge in [0.1, 0.15) is 5.75 Å². The zero-order valence-corrected chi connectivity index (χ0v) is 8.80. The van der Waals surface area contributed by atoms with Crippen molar-refractivity contribution < 1.29 is 14.6 Å². The van der Waals surface area contributed by atoms with E-state index in [9.17, 15) is 9.90 Å². The molecule has 0 bridgehead atoms. The van der Waals surface area contributed by atoms with Crippen LogP contribution in [0, 0.1) is 0 Å². The van der Waals surface area contributed by atoms with Gasteiger partial charge in [-0.2, -0.15) is 0 Å². The quantitative estimate of drug-likeness (QED) is 0.783. The van der Waals surface area contributed by atoms with Crippen molar-refractivity contribution in [2.75, 3.05) is 6.61 Å². The van der Waals surface area contributed by atoms with Crippen molar-refractivity contribution in [2.45, 2.75) is 6.92 Å². The number of esters is 1. The Bertz CT molecular complexity index is 537. The highest BCUT2D eigenvalue weighted by Crippen LogP contribution is 2.22. The number of rotatable bonds is 2. The Hall–Kier alpha value is -2.10. The zero-order valence-electron chi connectivity index (χ0n) is 8.80. The Balaban J connectivity index is 2.58. The summed E-state index contributed by atoms with van der Waals surface area (Å²) in [7, 11) is 0. The van der Waals surface area contributed by atoms with E-state index in [1.807, 2.05) is 0 Å². The summed E-state index contributed by atoms with van der Waals surface area (Å²) in [6.45, 7) is 2.06. The minimum absolute atomic E-state index is 0.161. The van der Waals surface area contributed by atoms with Crippen LogP contribution in [0.4, 0.5) is 0 Å². The van der Waals surface area contributed by atoms with Crippen LogP contribution in [0.1, 0.15) is 17.4 Å². The second-order valence-electron chi connectivity index (χ2n) is 3.29. The fraction of sp³-hybridized carbons (Fsp3) is 0.167. The first-order valence-corrected chi connectivity index (χ1v) is 4.97. The highest BCUT2D eigenvalue weighted by Gasteiger charge is 2.12. The van der Waals surface area contributed by atoms with Gasteiger partial charge >= 0.3 is 5.97 Å². The normalized spacial score (nSPS) is 10.3. The number of phenolic OH excluding ortho intramolecular Hbond substituents is 1. The van der Waals surface area contributed by atoms with Crippen LogP contribution in [0.25, 0.3) is 10.8 Å². The first-order chi connectivity index (χ1) is 7.72. The number of carbonyl (C=O) groups excluding carboxylic acids is 1. The van der Waals surface area contributed by atoms with E-state index in [1.165, 1.54) is 12.3 Å². The molecule has 1 N–H and O–H groups in total. The number of benzene rings is 1. The number of aromatic nitrogens is 1. The van der Waals surface area contributed by atoms with E-state index >= 15 is 0 Å². The second-order valence-corrected chi connectivity index (χ2v) is 3.29. The van der Waals surface area contributed by atoms with Crippen LogP contribution in [-0.4, -0.2) is 22.7 Å². The molecule has 0 saturated heterocycles. The van der Waals surface area contributed by atoms with Crippen molar-refractivity contribution in [3.05, 3.63) is 36.2 Å². The lowest BCUT2D eigenvalue weighted by atomic mass is 10.1. The number of pyridine rings is 1. The van der Waals surface area contributed by atoms with Gasteiger partial charge in [-0.25, -0.2) is 9.78 Å². The SMILES string of the molecule is CCOC(=O)c1nccc2cc(O)ccc12. The van der Waals surface area contributed by atoms with Crippen LogP contribution in [0.2, 0.25) is 0 Å². The summed E-state index contributed by atoms with van der Waals surface area (Å²) in [5, 5.41) is 10.8. The number of hydrogen-bond donors (Lipinski definition) is 1. The summed E-state index contributed by atoms with van der Waals surface area (Å²) in [6.07, 6.45) is 1.52. The average Bonchev–Trinajstić information content (AvgIpc) is 2.28. The molecule has 4 heteroatoms. The van der Waals surface area contributed by atoms with Crippen molar-refractivity contribution in [1.82, 2.24) is 4.98 Å². The molecule has 0 amide bonds. The largest absolute Gasteiger partial charge is 0.508 e. The third-order valence-electron chi connectivity index (χ3n) is 2.22. The van der Waals surface area contributed by atoms with E-state index in [0.717, 1.165) is 5.39 Å². The molecule has 1 heterocycles. The van der Waals surface area contributed by atoms with E-state index in [1.54, 1.807) is 25.1 Å². The van der Waals surface area contributed by atoms with Crippen LogP contribution in [-0.2, 0) is 4.74 Å². The first kappa shape index (κ1) is 10.4. The summed E-state index contributed by atoms with van der Waals surface area (Å²) < 4.78 is 4.90. The summed E-state index contributed by atoms with van der Waals surface area (Å²) in [5.41, 5.74) is 0.277. The number of aromatic hydroxyl groups is 1. The van der Waals surface area contributed by atoms with Crippen molar-refractivity contribution in [3.8, 4) is 5.75 Å². The van der Waals surface area contributed by atoms with Gasteiger partial charge in [-0.05, 0) is 36.6 Å². The van der Waals surface area contributed by atoms with Crippen LogP contribution in [0.5, 0.6) is 5.75 Å². The molecule has 2 rings (SSSR count). The number of carbonyl (C=O) groups is 1. The van der Waals surface area contributed by atoms with E-state index < -0.39 is 5.97 Å². The molecule has 0 radical (unpaired) electrons. The maximum absolute atomic E-state index is 11.6. The van der Waals surface area contributed by atoms with E-state index in [2.05, 4.69) is 4.98 Å². The van der Waals surface area contributed by atoms with Crippen LogP contribution >= 0.6 is 0 Å². The standard InChI is InChI=1S/C12H11NO3/c1-2-16-12(15)11-10-4-3-9(14)7-8(10)5-6-13-11/h3-7,14H,2H2,1H3. The Morgan fingerprint density at radius 3 is 3.00 bits per heavy atom. The Morgan fingerprint density at radius 1 is 1.44 bits per heavy atom. The first-order valence-electron chi connectivity index (χ1n) is 4.97. The van der Waals surface area contributed by atoms with Gasteiger partial charge in [0, 0.05) is 11.6 Å². The molecular weight excluding hydrogens is 206 g/mol. The molecular formula is C12H11NO3. The minimum atomic E-state index is -0.446. The minimum Gasteiger partial charge on any atom is -0.508 e. The summed E-state index contributed by atoms with van der Waals surface area (Å²) in [5.74, 6) is -0.285. The predicted octanol–water partition coefficient (Wildman–Crippen LogP) is 2.12. The predicted molar refractivity (Wildman–Crippen MR) is 59.4 cm³/mol. The molecule has 0 aliphatic carbocycles. The third kappa shape index (κ3) is 1.82. The van der Waals surface area contributed by atoms with E-state index in [0.29, 0.717) is 12.0 Å². The Morgan fingerprint density at radius 2 is 2.25 bits per heavy atom. The molecule has 0 aliphatic heterocycles. The molecule has 0 saturated carbocycles. The fourth-order valence-electron chi connectivity index (χ4n) is 1.53. The lowest BCUT2D eigenvalue weighted by Crippen LogP contribution is -2.07. The van der Waals surface area contributed by atoms with Gasteiger partial charge in [-0.15, -0.1) is 0 Å². The summed E-state index contributed by atoms with van der Waals surface area (Å²) in [4.78, 5) is 15.6. The molecule has 82 valence electrons. The van der Waals surface area contributed by atoms with Crippen molar-refractivity contribution in [1.29, 1.82) is 0 Å². The smallest absolute Gasteiger partial charge is 0.357 e. The van der Waals surface area contributed by atoms with Gasteiger partial charge in [0.25, 0.3) is 0 Å². The highest BCUT2D eigenvalue weighted by atomic mass is 16.5. The third-order valence-corrected chi connectivity index (χ3v) is 2.22. The van der Waals surface area contributed by atoms with Crippen molar-refractivity contribution in [2.24, 2.45) is 0 Å². The van der Waals surface area contributed by atoms with Gasteiger partial charge in [0.15, 0.2) is 5.69 Å². The van der Waals surface area contributed by atoms with Crippen LogP contribution in [0.15, 0.2) is 30.5 Å².